The average Bonchev–Trinajstić information content (AvgIpc) is 2.24. The molecule has 0 atom stereocenters. The van der Waals surface area contributed by atoms with Crippen LogP contribution in [0.3, 0.4) is 0 Å². The molecule has 1 aromatic carbocycles. The Labute approximate surface area is 74.7 Å². The number of hydrogen-bond donors (Lipinski definition) is 1. The van der Waals surface area contributed by atoms with E-state index in [0.717, 1.165) is 0 Å². The highest BCUT2D eigenvalue weighted by Crippen LogP contribution is 1.79. The van der Waals surface area contributed by atoms with Crippen molar-refractivity contribution in [3.05, 3.63) is 62.2 Å². The van der Waals surface area contributed by atoms with E-state index < -0.39 is 0 Å². The molecule has 1 N–H and O–H groups in total. The van der Waals surface area contributed by atoms with Gasteiger partial charge in [0.15, 0.2) is 0 Å². The van der Waals surface area contributed by atoms with Crippen LogP contribution in [0.5, 0.6) is 0 Å². The van der Waals surface area contributed by atoms with E-state index in [-0.39, 0.29) is 6.61 Å². The van der Waals surface area contributed by atoms with E-state index in [9.17, 15) is 0 Å². The Hall–Kier alpha value is -1.34. The van der Waals surface area contributed by atoms with E-state index in [1.165, 1.54) is 6.08 Å². The monoisotopic (exact) mass is 164 g/mol. The first-order valence-corrected chi connectivity index (χ1v) is 3.63. The lowest BCUT2D eigenvalue weighted by Gasteiger charge is -1.69. The third-order valence-electron chi connectivity index (χ3n) is 0.796. The number of benzene rings is 1. The zero-order chi connectivity index (χ0) is 9.66. The molecule has 0 amide bonds. The predicted octanol–water partition coefficient (Wildman–Crippen LogP) is 2.65. The van der Waals surface area contributed by atoms with Crippen molar-refractivity contribution in [3.8, 4) is 0 Å². The fourth-order valence-corrected chi connectivity index (χ4v) is 0.385. The molecule has 1 nitrogen and oxygen atoms in total. The van der Waals surface area contributed by atoms with Crippen molar-refractivity contribution in [2.75, 3.05) is 6.61 Å². The molecule has 0 saturated carbocycles. The van der Waals surface area contributed by atoms with Gasteiger partial charge in [-0.15, -0.1) is 19.7 Å². The first kappa shape index (κ1) is 13.3. The lowest BCUT2D eigenvalue weighted by atomic mass is 10.4. The second-order valence-corrected chi connectivity index (χ2v) is 1.63. The Morgan fingerprint density at radius 2 is 1.08 bits per heavy atom. The van der Waals surface area contributed by atoms with Gasteiger partial charge in [-0.3, -0.25) is 0 Å². The molecule has 0 spiro atoms. The number of aliphatic hydroxyl groups excluding tert-OH is 1. The zero-order valence-electron chi connectivity index (χ0n) is 7.32. The summed E-state index contributed by atoms with van der Waals surface area (Å²) < 4.78 is 0. The second kappa shape index (κ2) is 16.3. The molecule has 0 heterocycles. The van der Waals surface area contributed by atoms with E-state index in [2.05, 4.69) is 19.7 Å². The summed E-state index contributed by atoms with van der Waals surface area (Å²) in [7, 11) is 0. The van der Waals surface area contributed by atoms with Crippen molar-refractivity contribution in [1.29, 1.82) is 0 Å². The second-order valence-electron chi connectivity index (χ2n) is 1.63. The first-order valence-electron chi connectivity index (χ1n) is 3.63. The first-order chi connectivity index (χ1) is 5.91. The summed E-state index contributed by atoms with van der Waals surface area (Å²) in [5.74, 6) is 0. The number of aliphatic hydroxyl groups is 1. The molecule has 12 heavy (non-hydrogen) atoms. The van der Waals surface area contributed by atoms with E-state index in [1.54, 1.807) is 0 Å². The molecule has 0 radical (unpaired) electrons. The van der Waals surface area contributed by atoms with Crippen LogP contribution in [0, 0.1) is 0 Å². The molecule has 0 aliphatic carbocycles. The van der Waals surface area contributed by atoms with Crippen molar-refractivity contribution >= 4 is 0 Å². The molecule has 1 rings (SSSR count). The lowest BCUT2D eigenvalue weighted by molar-refractivity contribution is 0.343. The molecule has 1 heteroatoms. The lowest BCUT2D eigenvalue weighted by Crippen LogP contribution is -1.62. The smallest absolute Gasteiger partial charge is 0.0609 e. The highest BCUT2D eigenvalue weighted by Gasteiger charge is 1.57. The Morgan fingerprint density at radius 1 is 0.917 bits per heavy atom. The van der Waals surface area contributed by atoms with Gasteiger partial charge in [0.1, 0.15) is 0 Å². The molecule has 66 valence electrons. The molecule has 0 saturated heterocycles. The van der Waals surface area contributed by atoms with Crippen LogP contribution in [0.25, 0.3) is 0 Å². The highest BCUT2D eigenvalue weighted by atomic mass is 16.2. The average molecular weight is 164 g/mol. The van der Waals surface area contributed by atoms with Gasteiger partial charge in [-0.2, -0.15) is 0 Å². The van der Waals surface area contributed by atoms with Crippen LogP contribution in [0.1, 0.15) is 0 Å². The summed E-state index contributed by atoms with van der Waals surface area (Å²) >= 11 is 0. The van der Waals surface area contributed by atoms with Crippen molar-refractivity contribution in [2.24, 2.45) is 0 Å². The third-order valence-corrected chi connectivity index (χ3v) is 0.796. The molecule has 0 aliphatic rings. The molecule has 0 aromatic heterocycles. The van der Waals surface area contributed by atoms with Gasteiger partial charge >= 0.3 is 0 Å². The molecule has 0 bridgehead atoms. The van der Waals surface area contributed by atoms with Crippen LogP contribution in [-0.4, -0.2) is 11.7 Å². The van der Waals surface area contributed by atoms with E-state index in [0.29, 0.717) is 0 Å². The van der Waals surface area contributed by atoms with Crippen molar-refractivity contribution in [3.63, 3.8) is 0 Å². The maximum atomic E-state index is 7.76. The third kappa shape index (κ3) is 15.9. The summed E-state index contributed by atoms with van der Waals surface area (Å²) in [6.45, 7) is 9.31. The minimum atomic E-state index is 0.0833. The summed E-state index contributed by atoms with van der Waals surface area (Å²) in [5, 5.41) is 7.76. The number of hydrogen-bond acceptors (Lipinski definition) is 1. The summed E-state index contributed by atoms with van der Waals surface area (Å²) in [5.41, 5.74) is 0. The Morgan fingerprint density at radius 3 is 1.17 bits per heavy atom. The van der Waals surface area contributed by atoms with E-state index in [1.807, 2.05) is 36.4 Å². The zero-order valence-corrected chi connectivity index (χ0v) is 7.32. The van der Waals surface area contributed by atoms with Crippen molar-refractivity contribution in [1.82, 2.24) is 0 Å². The maximum absolute atomic E-state index is 7.76. The Balaban J connectivity index is 0. The minimum Gasteiger partial charge on any atom is -0.392 e. The molecular formula is C11H16O. The van der Waals surface area contributed by atoms with Crippen molar-refractivity contribution < 1.29 is 5.11 Å². The van der Waals surface area contributed by atoms with Gasteiger partial charge in [0.25, 0.3) is 0 Å². The van der Waals surface area contributed by atoms with E-state index >= 15 is 0 Å². The minimum absolute atomic E-state index is 0.0833. The van der Waals surface area contributed by atoms with Crippen LogP contribution < -0.4 is 0 Å². The van der Waals surface area contributed by atoms with Crippen LogP contribution in [0.2, 0.25) is 0 Å². The SMILES string of the molecule is C=C.C=CCO.c1ccccc1. The molecular weight excluding hydrogens is 148 g/mol. The largest absolute Gasteiger partial charge is 0.392 e. The van der Waals surface area contributed by atoms with Crippen LogP contribution in [0.4, 0.5) is 0 Å². The quantitative estimate of drug-likeness (QED) is 0.633. The van der Waals surface area contributed by atoms with Gasteiger partial charge in [0.2, 0.25) is 0 Å². The summed E-state index contributed by atoms with van der Waals surface area (Å²) in [6, 6.07) is 12.0. The molecule has 0 unspecified atom stereocenters. The molecule has 0 fully saturated rings. The van der Waals surface area contributed by atoms with Crippen LogP contribution >= 0.6 is 0 Å². The van der Waals surface area contributed by atoms with Gasteiger partial charge in [-0.25, -0.2) is 0 Å². The Bertz CT molecular complexity index is 131. The molecule has 1 aromatic rings. The normalized spacial score (nSPS) is 6.42. The fourth-order valence-electron chi connectivity index (χ4n) is 0.385. The molecule has 0 aliphatic heterocycles. The fraction of sp³-hybridized carbons (Fsp3) is 0.0909. The predicted molar refractivity (Wildman–Crippen MR) is 55.0 cm³/mol. The standard InChI is InChI=1S/C6H6.C3H6O.C2H4/c1-2-4-6-5-3-1;1-2-3-4;1-2/h1-6H;2,4H,1,3H2;1-2H2. The van der Waals surface area contributed by atoms with Crippen molar-refractivity contribution in [2.45, 2.75) is 0 Å². The van der Waals surface area contributed by atoms with Crippen LogP contribution in [0.15, 0.2) is 62.2 Å². The number of rotatable bonds is 1. The van der Waals surface area contributed by atoms with Gasteiger partial charge < -0.3 is 5.11 Å². The Kier molecular flexibility index (Phi) is 18.1. The summed E-state index contributed by atoms with van der Waals surface area (Å²) in [6.07, 6.45) is 1.43. The van der Waals surface area contributed by atoms with Crippen LogP contribution in [-0.2, 0) is 0 Å². The van der Waals surface area contributed by atoms with Gasteiger partial charge in [-0.05, 0) is 0 Å². The summed E-state index contributed by atoms with van der Waals surface area (Å²) in [4.78, 5) is 0. The van der Waals surface area contributed by atoms with Gasteiger partial charge in [-0.1, -0.05) is 42.5 Å². The highest BCUT2D eigenvalue weighted by molar-refractivity contribution is 4.99. The topological polar surface area (TPSA) is 20.2 Å². The van der Waals surface area contributed by atoms with E-state index in [4.69, 9.17) is 5.11 Å². The van der Waals surface area contributed by atoms with Gasteiger partial charge in [0, 0.05) is 0 Å². The maximum Gasteiger partial charge on any atom is 0.0609 e. The van der Waals surface area contributed by atoms with Gasteiger partial charge in [0.05, 0.1) is 6.61 Å².